The lowest BCUT2D eigenvalue weighted by atomic mass is 10.0. The first-order valence-corrected chi connectivity index (χ1v) is 9.12. The van der Waals surface area contributed by atoms with Gasteiger partial charge in [-0.2, -0.15) is 0 Å². The van der Waals surface area contributed by atoms with Crippen LogP contribution in [0.25, 0.3) is 10.9 Å². The first kappa shape index (κ1) is 16.7. The maximum Gasteiger partial charge on any atom is 0.144 e. The van der Waals surface area contributed by atoms with Crippen molar-refractivity contribution in [3.05, 3.63) is 60.3 Å². The molecule has 0 unspecified atom stereocenters. The van der Waals surface area contributed by atoms with Gasteiger partial charge in [-0.15, -0.1) is 0 Å². The molecule has 1 fully saturated rings. The number of rotatable bonds is 4. The van der Waals surface area contributed by atoms with E-state index in [4.69, 9.17) is 9.73 Å². The van der Waals surface area contributed by atoms with Crippen molar-refractivity contribution in [2.24, 2.45) is 4.99 Å². The quantitative estimate of drug-likeness (QED) is 0.697. The minimum Gasteiger partial charge on any atom is -0.494 e. The Morgan fingerprint density at radius 3 is 2.73 bits per heavy atom. The van der Waals surface area contributed by atoms with E-state index in [1.807, 2.05) is 24.3 Å². The van der Waals surface area contributed by atoms with Gasteiger partial charge in [0.25, 0.3) is 0 Å². The number of benzene rings is 2. The summed E-state index contributed by atoms with van der Waals surface area (Å²) in [5, 5.41) is 1.28. The number of likely N-dealkylation sites (tertiary alicyclic amines) is 1. The molecule has 0 radical (unpaired) electrons. The molecular weight excluding hydrogens is 322 g/mol. The van der Waals surface area contributed by atoms with E-state index < -0.39 is 0 Å². The molecule has 4 heteroatoms. The molecule has 1 N–H and O–H groups in total. The van der Waals surface area contributed by atoms with Crippen LogP contribution in [0.1, 0.15) is 32.3 Å². The van der Waals surface area contributed by atoms with Crippen LogP contribution in [0.4, 0.5) is 5.69 Å². The predicted molar refractivity (Wildman–Crippen MR) is 107 cm³/mol. The van der Waals surface area contributed by atoms with Gasteiger partial charge in [-0.1, -0.05) is 30.3 Å². The number of nitrogens with zero attached hydrogens (tertiary/aromatic N) is 2. The minimum absolute atomic E-state index is 0.0826. The second-order valence-electron chi connectivity index (χ2n) is 7.46. The summed E-state index contributed by atoms with van der Waals surface area (Å²) in [6.45, 7) is 5.45. The Bertz CT molecular complexity index is 955. The van der Waals surface area contributed by atoms with Crippen LogP contribution in [0.5, 0.6) is 5.75 Å². The molecular formula is C22H25N3O. The number of methoxy groups -OCH3 is 1. The highest BCUT2D eigenvalue weighted by atomic mass is 16.5. The van der Waals surface area contributed by atoms with Gasteiger partial charge < -0.3 is 14.6 Å². The fourth-order valence-corrected chi connectivity index (χ4v) is 3.75. The maximum atomic E-state index is 5.48. The number of ether oxygens (including phenoxy) is 1. The van der Waals surface area contributed by atoms with Crippen LogP contribution in [0.15, 0.2) is 59.7 Å². The Kier molecular flexibility index (Phi) is 4.19. The zero-order valence-corrected chi connectivity index (χ0v) is 15.6. The summed E-state index contributed by atoms with van der Waals surface area (Å²) >= 11 is 0. The van der Waals surface area contributed by atoms with E-state index >= 15 is 0 Å². The molecule has 0 bridgehead atoms. The van der Waals surface area contributed by atoms with Crippen molar-refractivity contribution in [2.45, 2.75) is 38.8 Å². The molecule has 134 valence electrons. The summed E-state index contributed by atoms with van der Waals surface area (Å²) < 4.78 is 5.48. The van der Waals surface area contributed by atoms with Crippen molar-refractivity contribution in [2.75, 3.05) is 7.11 Å². The van der Waals surface area contributed by atoms with Gasteiger partial charge in [-0.3, -0.25) is 0 Å². The fraction of sp³-hybridized carbons (Fsp3) is 0.318. The summed E-state index contributed by atoms with van der Waals surface area (Å²) in [6, 6.07) is 16.4. The van der Waals surface area contributed by atoms with Crippen LogP contribution in [0.2, 0.25) is 0 Å². The molecule has 0 atom stereocenters. The Hall–Kier alpha value is -2.75. The highest BCUT2D eigenvalue weighted by Crippen LogP contribution is 2.36. The largest absolute Gasteiger partial charge is 0.494 e. The van der Waals surface area contributed by atoms with Crippen LogP contribution in [0.3, 0.4) is 0 Å². The van der Waals surface area contributed by atoms with Gasteiger partial charge in [0.15, 0.2) is 0 Å². The number of aromatic amines is 1. The van der Waals surface area contributed by atoms with Gasteiger partial charge in [-0.05, 0) is 44.0 Å². The first-order chi connectivity index (χ1) is 12.6. The molecule has 1 saturated heterocycles. The van der Waals surface area contributed by atoms with Crippen molar-refractivity contribution < 1.29 is 4.74 Å². The second-order valence-corrected chi connectivity index (χ2v) is 7.46. The topological polar surface area (TPSA) is 40.6 Å². The normalized spacial score (nSPS) is 18.0. The number of aromatic nitrogens is 1. The van der Waals surface area contributed by atoms with Crippen LogP contribution in [-0.2, 0) is 6.54 Å². The average Bonchev–Trinajstić information content (AvgIpc) is 3.18. The molecule has 1 aliphatic rings. The van der Waals surface area contributed by atoms with Crippen molar-refractivity contribution >= 4 is 22.4 Å². The lowest BCUT2D eigenvalue weighted by molar-refractivity contribution is 0.232. The molecule has 0 saturated carbocycles. The predicted octanol–water partition coefficient (Wildman–Crippen LogP) is 5.28. The molecule has 2 aromatic carbocycles. The van der Waals surface area contributed by atoms with Crippen molar-refractivity contribution in [1.82, 2.24) is 9.88 Å². The van der Waals surface area contributed by atoms with Crippen LogP contribution in [-0.4, -0.2) is 28.4 Å². The van der Waals surface area contributed by atoms with E-state index in [-0.39, 0.29) is 5.54 Å². The van der Waals surface area contributed by atoms with Crippen molar-refractivity contribution in [1.29, 1.82) is 0 Å². The molecule has 0 amide bonds. The van der Waals surface area contributed by atoms with Gasteiger partial charge in [0, 0.05) is 35.6 Å². The highest BCUT2D eigenvalue weighted by Gasteiger charge is 2.36. The van der Waals surface area contributed by atoms with E-state index in [9.17, 15) is 0 Å². The van der Waals surface area contributed by atoms with Crippen molar-refractivity contribution in [3.8, 4) is 5.75 Å². The third-order valence-corrected chi connectivity index (χ3v) is 5.34. The Labute approximate surface area is 154 Å². The second kappa shape index (κ2) is 6.52. The summed E-state index contributed by atoms with van der Waals surface area (Å²) in [6.07, 6.45) is 4.20. The Morgan fingerprint density at radius 2 is 1.88 bits per heavy atom. The molecule has 2 heterocycles. The van der Waals surface area contributed by atoms with Gasteiger partial charge in [0.1, 0.15) is 17.3 Å². The summed E-state index contributed by atoms with van der Waals surface area (Å²) in [7, 11) is 1.70. The molecule has 3 aromatic rings. The highest BCUT2D eigenvalue weighted by molar-refractivity contribution is 5.89. The number of nitrogens with one attached hydrogen (secondary N) is 1. The minimum atomic E-state index is 0.0826. The lowest BCUT2D eigenvalue weighted by Crippen LogP contribution is -2.40. The number of aliphatic imine (C=N–C) groups is 1. The van der Waals surface area contributed by atoms with Crippen LogP contribution in [0, 0.1) is 0 Å². The van der Waals surface area contributed by atoms with E-state index in [1.165, 1.54) is 16.5 Å². The summed E-state index contributed by atoms with van der Waals surface area (Å²) in [5.74, 6) is 1.95. The van der Waals surface area contributed by atoms with Crippen LogP contribution < -0.4 is 4.74 Å². The number of fused-ring (bicyclic) bond motifs is 1. The molecule has 26 heavy (non-hydrogen) atoms. The van der Waals surface area contributed by atoms with Gasteiger partial charge in [0.05, 0.1) is 7.11 Å². The number of amidine groups is 1. The molecule has 0 aliphatic carbocycles. The number of para-hydroxylation sites is 3. The average molecular weight is 347 g/mol. The zero-order chi connectivity index (χ0) is 18.1. The Balaban J connectivity index is 1.70. The third-order valence-electron chi connectivity index (χ3n) is 5.34. The zero-order valence-electron chi connectivity index (χ0n) is 15.6. The van der Waals surface area contributed by atoms with Gasteiger partial charge in [-0.25, -0.2) is 4.99 Å². The molecule has 4 nitrogen and oxygen atoms in total. The monoisotopic (exact) mass is 347 g/mol. The van der Waals surface area contributed by atoms with Crippen LogP contribution >= 0.6 is 0 Å². The first-order valence-electron chi connectivity index (χ1n) is 9.12. The van der Waals surface area contributed by atoms with Gasteiger partial charge in [0.2, 0.25) is 0 Å². The number of H-pyrrole nitrogens is 1. The lowest BCUT2D eigenvalue weighted by Gasteiger charge is -2.33. The summed E-state index contributed by atoms with van der Waals surface area (Å²) in [4.78, 5) is 10.8. The third kappa shape index (κ3) is 2.96. The standard InChI is InChI=1S/C22H25N3O/c1-22(2)13-12-21(24-19-10-6-7-11-20(19)26-3)25(22)15-16-14-23-18-9-5-4-8-17(16)18/h4-11,14,23H,12-13,15H2,1-3H3. The molecule has 1 aromatic heterocycles. The van der Waals surface area contributed by atoms with Crippen molar-refractivity contribution in [3.63, 3.8) is 0 Å². The number of hydrogen-bond acceptors (Lipinski definition) is 2. The summed E-state index contributed by atoms with van der Waals surface area (Å²) in [5.41, 5.74) is 3.47. The van der Waals surface area contributed by atoms with E-state index in [1.54, 1.807) is 7.11 Å². The van der Waals surface area contributed by atoms with E-state index in [0.29, 0.717) is 0 Å². The maximum absolute atomic E-state index is 5.48. The molecule has 0 spiro atoms. The Morgan fingerprint density at radius 1 is 1.12 bits per heavy atom. The SMILES string of the molecule is COc1ccccc1N=C1CCC(C)(C)N1Cc1c[nH]c2ccccc12. The number of hydrogen-bond donors (Lipinski definition) is 1. The molecule has 4 rings (SSSR count). The van der Waals surface area contributed by atoms with E-state index in [0.717, 1.165) is 36.7 Å². The fourth-order valence-electron chi connectivity index (χ4n) is 3.75. The smallest absolute Gasteiger partial charge is 0.144 e. The van der Waals surface area contributed by atoms with E-state index in [2.05, 4.69) is 54.2 Å². The van der Waals surface area contributed by atoms with Gasteiger partial charge >= 0.3 is 0 Å². The molecule has 1 aliphatic heterocycles.